The van der Waals surface area contributed by atoms with Crippen LogP contribution in [0.5, 0.6) is 0 Å². The molecule has 3 nitrogen and oxygen atoms in total. The van der Waals surface area contributed by atoms with E-state index in [2.05, 4.69) is 51.8 Å². The van der Waals surface area contributed by atoms with Gasteiger partial charge in [-0.15, -0.1) is 0 Å². The third-order valence-corrected chi connectivity index (χ3v) is 4.11. The van der Waals surface area contributed by atoms with Gasteiger partial charge in [0.05, 0.1) is 0 Å². The molecule has 2 rings (SSSR count). The Morgan fingerprint density at radius 2 is 2.11 bits per heavy atom. The topological polar surface area (TPSA) is 40.5 Å². The molecule has 0 spiro atoms. The molecule has 4 heteroatoms. The number of carbonyl (C=O) groups is 1. The molecule has 0 aromatic heterocycles. The average Bonchev–Trinajstić information content (AvgIpc) is 2.32. The van der Waals surface area contributed by atoms with E-state index in [-0.39, 0.29) is 0 Å². The van der Waals surface area contributed by atoms with Crippen molar-refractivity contribution in [2.45, 2.75) is 25.8 Å². The van der Waals surface area contributed by atoms with Gasteiger partial charge < -0.3 is 5.11 Å². The standard InChI is InChI=1S/C14H18INO2/c15-13-5-3-11(4-6-13)9-16-7-1-2-12(10-16)8-14(17)18/h3-6,12H,1-2,7-10H2,(H,17,18). The Morgan fingerprint density at radius 3 is 2.78 bits per heavy atom. The molecule has 1 heterocycles. The summed E-state index contributed by atoms with van der Waals surface area (Å²) in [5.41, 5.74) is 1.31. The van der Waals surface area contributed by atoms with E-state index in [4.69, 9.17) is 5.11 Å². The van der Waals surface area contributed by atoms with Crippen molar-refractivity contribution in [3.8, 4) is 0 Å². The zero-order valence-electron chi connectivity index (χ0n) is 10.3. The fraction of sp³-hybridized carbons (Fsp3) is 0.500. The molecule has 18 heavy (non-hydrogen) atoms. The molecule has 0 aliphatic carbocycles. The Morgan fingerprint density at radius 1 is 1.39 bits per heavy atom. The number of nitrogens with zero attached hydrogens (tertiary/aromatic N) is 1. The second-order valence-electron chi connectivity index (χ2n) is 4.97. The molecule has 1 saturated heterocycles. The second kappa shape index (κ2) is 6.52. The van der Waals surface area contributed by atoms with E-state index < -0.39 is 5.97 Å². The first kappa shape index (κ1) is 13.8. The fourth-order valence-corrected chi connectivity index (χ4v) is 2.92. The van der Waals surface area contributed by atoms with Gasteiger partial charge in [0.15, 0.2) is 0 Å². The van der Waals surface area contributed by atoms with Gasteiger partial charge in [0, 0.05) is 23.1 Å². The van der Waals surface area contributed by atoms with Gasteiger partial charge in [-0.2, -0.15) is 0 Å². The van der Waals surface area contributed by atoms with Crippen LogP contribution in [0.4, 0.5) is 0 Å². The van der Waals surface area contributed by atoms with Crippen LogP contribution in [0.25, 0.3) is 0 Å². The SMILES string of the molecule is O=C(O)CC1CCCN(Cc2ccc(I)cc2)C1. The second-order valence-corrected chi connectivity index (χ2v) is 6.21. The van der Waals surface area contributed by atoms with Crippen LogP contribution in [0.2, 0.25) is 0 Å². The quantitative estimate of drug-likeness (QED) is 0.841. The number of halogens is 1. The van der Waals surface area contributed by atoms with Gasteiger partial charge in [-0.05, 0) is 65.6 Å². The van der Waals surface area contributed by atoms with Gasteiger partial charge in [0.2, 0.25) is 0 Å². The highest BCUT2D eigenvalue weighted by atomic mass is 127. The molecule has 0 saturated carbocycles. The molecular formula is C14H18INO2. The lowest BCUT2D eigenvalue weighted by molar-refractivity contribution is -0.138. The summed E-state index contributed by atoms with van der Waals surface area (Å²) < 4.78 is 1.25. The number of piperidine rings is 1. The number of rotatable bonds is 4. The number of carboxylic acids is 1. The molecule has 0 radical (unpaired) electrons. The van der Waals surface area contributed by atoms with Crippen molar-refractivity contribution in [3.63, 3.8) is 0 Å². The van der Waals surface area contributed by atoms with Crippen molar-refractivity contribution < 1.29 is 9.90 Å². The maximum Gasteiger partial charge on any atom is 0.303 e. The number of carboxylic acid groups (broad SMARTS) is 1. The minimum atomic E-state index is -0.670. The summed E-state index contributed by atoms with van der Waals surface area (Å²) in [4.78, 5) is 13.1. The van der Waals surface area contributed by atoms with Crippen molar-refractivity contribution >= 4 is 28.6 Å². The highest BCUT2D eigenvalue weighted by molar-refractivity contribution is 14.1. The first-order valence-corrected chi connectivity index (χ1v) is 7.40. The Bertz CT molecular complexity index is 405. The van der Waals surface area contributed by atoms with Crippen LogP contribution in [-0.2, 0) is 11.3 Å². The fourth-order valence-electron chi connectivity index (χ4n) is 2.56. The smallest absolute Gasteiger partial charge is 0.303 e. The van der Waals surface area contributed by atoms with Gasteiger partial charge in [-0.3, -0.25) is 9.69 Å². The molecular weight excluding hydrogens is 341 g/mol. The highest BCUT2D eigenvalue weighted by Crippen LogP contribution is 2.21. The summed E-state index contributed by atoms with van der Waals surface area (Å²) in [5.74, 6) is -0.351. The van der Waals surface area contributed by atoms with Crippen molar-refractivity contribution in [3.05, 3.63) is 33.4 Å². The summed E-state index contributed by atoms with van der Waals surface area (Å²) in [5, 5.41) is 8.85. The van der Waals surface area contributed by atoms with E-state index in [0.717, 1.165) is 32.5 Å². The van der Waals surface area contributed by atoms with Gasteiger partial charge in [-0.25, -0.2) is 0 Å². The predicted octanol–water partition coefficient (Wildman–Crippen LogP) is 2.98. The van der Waals surface area contributed by atoms with Crippen LogP contribution in [0.15, 0.2) is 24.3 Å². The van der Waals surface area contributed by atoms with E-state index in [1.54, 1.807) is 0 Å². The molecule has 0 amide bonds. The van der Waals surface area contributed by atoms with E-state index in [1.807, 2.05) is 0 Å². The number of hydrogen-bond donors (Lipinski definition) is 1. The molecule has 0 bridgehead atoms. The molecule has 1 N–H and O–H groups in total. The molecule has 98 valence electrons. The van der Waals surface area contributed by atoms with Crippen LogP contribution in [0, 0.1) is 9.49 Å². The molecule has 1 aliphatic heterocycles. The zero-order valence-corrected chi connectivity index (χ0v) is 12.5. The van der Waals surface area contributed by atoms with Crippen LogP contribution in [0.3, 0.4) is 0 Å². The van der Waals surface area contributed by atoms with E-state index in [0.29, 0.717) is 12.3 Å². The summed E-state index contributed by atoms with van der Waals surface area (Å²) in [6.45, 7) is 2.94. The maximum absolute atomic E-state index is 10.8. The van der Waals surface area contributed by atoms with Gasteiger partial charge >= 0.3 is 5.97 Å². The third kappa shape index (κ3) is 4.24. The van der Waals surface area contributed by atoms with Crippen LogP contribution < -0.4 is 0 Å². The first-order valence-electron chi connectivity index (χ1n) is 6.32. The largest absolute Gasteiger partial charge is 0.481 e. The number of hydrogen-bond acceptors (Lipinski definition) is 2. The zero-order chi connectivity index (χ0) is 13.0. The summed E-state index contributed by atoms with van der Waals surface area (Å²) in [6, 6.07) is 8.55. The van der Waals surface area contributed by atoms with Crippen molar-refractivity contribution in [2.24, 2.45) is 5.92 Å². The lowest BCUT2D eigenvalue weighted by Gasteiger charge is -2.32. The van der Waals surface area contributed by atoms with E-state index >= 15 is 0 Å². The number of likely N-dealkylation sites (tertiary alicyclic amines) is 1. The maximum atomic E-state index is 10.8. The Kier molecular flexibility index (Phi) is 5.00. The van der Waals surface area contributed by atoms with Crippen molar-refractivity contribution in [1.82, 2.24) is 4.90 Å². The Labute approximate surface area is 121 Å². The minimum Gasteiger partial charge on any atom is -0.481 e. The normalized spacial score (nSPS) is 20.8. The third-order valence-electron chi connectivity index (χ3n) is 3.39. The van der Waals surface area contributed by atoms with Crippen LogP contribution in [0.1, 0.15) is 24.8 Å². The monoisotopic (exact) mass is 359 g/mol. The number of benzene rings is 1. The van der Waals surface area contributed by atoms with Crippen molar-refractivity contribution in [1.29, 1.82) is 0 Å². The molecule has 1 aliphatic rings. The van der Waals surface area contributed by atoms with Gasteiger partial charge in [-0.1, -0.05) is 12.1 Å². The van der Waals surface area contributed by atoms with E-state index in [1.165, 1.54) is 9.13 Å². The summed E-state index contributed by atoms with van der Waals surface area (Å²) >= 11 is 2.30. The molecule has 1 fully saturated rings. The summed E-state index contributed by atoms with van der Waals surface area (Å²) in [6.07, 6.45) is 2.47. The van der Waals surface area contributed by atoms with Crippen LogP contribution >= 0.6 is 22.6 Å². The van der Waals surface area contributed by atoms with E-state index in [9.17, 15) is 4.79 Å². The van der Waals surface area contributed by atoms with Crippen LogP contribution in [-0.4, -0.2) is 29.1 Å². The Hall–Kier alpha value is -0.620. The highest BCUT2D eigenvalue weighted by Gasteiger charge is 2.21. The lowest BCUT2D eigenvalue weighted by Crippen LogP contribution is -2.35. The van der Waals surface area contributed by atoms with Gasteiger partial charge in [0.1, 0.15) is 0 Å². The first-order chi connectivity index (χ1) is 8.63. The minimum absolute atomic E-state index is 0.309. The average molecular weight is 359 g/mol. The molecule has 1 aromatic rings. The molecule has 1 unspecified atom stereocenters. The predicted molar refractivity (Wildman–Crippen MR) is 79.4 cm³/mol. The summed E-state index contributed by atoms with van der Waals surface area (Å²) in [7, 11) is 0. The van der Waals surface area contributed by atoms with Crippen molar-refractivity contribution in [2.75, 3.05) is 13.1 Å². The molecule has 1 atom stereocenters. The number of aliphatic carboxylic acids is 1. The van der Waals surface area contributed by atoms with Gasteiger partial charge in [0.25, 0.3) is 0 Å². The molecule has 1 aromatic carbocycles. The lowest BCUT2D eigenvalue weighted by atomic mass is 9.94. The Balaban J connectivity index is 1.89.